The van der Waals surface area contributed by atoms with E-state index in [-0.39, 0.29) is 0 Å². The lowest BCUT2D eigenvalue weighted by Gasteiger charge is -2.29. The standard InChI is InChI=1S/C14H26N6/c1-4-11-5-7-12(8-6-11)19-14(15-2)16-9-13-17-10-18-20(13)3/h10-12H,4-9H2,1-3H3,(H2,15,16,19). The number of hydrogen-bond acceptors (Lipinski definition) is 3. The van der Waals surface area contributed by atoms with Gasteiger partial charge in [0.2, 0.25) is 0 Å². The Labute approximate surface area is 121 Å². The van der Waals surface area contributed by atoms with Crippen LogP contribution in [0.15, 0.2) is 11.3 Å². The van der Waals surface area contributed by atoms with Gasteiger partial charge in [0.1, 0.15) is 12.2 Å². The van der Waals surface area contributed by atoms with Crippen molar-refractivity contribution in [2.75, 3.05) is 7.05 Å². The van der Waals surface area contributed by atoms with Crippen LogP contribution in [0, 0.1) is 5.92 Å². The number of nitrogens with one attached hydrogen (secondary N) is 2. The maximum Gasteiger partial charge on any atom is 0.191 e. The van der Waals surface area contributed by atoms with Gasteiger partial charge >= 0.3 is 0 Å². The summed E-state index contributed by atoms with van der Waals surface area (Å²) in [7, 11) is 3.70. The molecule has 1 saturated carbocycles. The molecule has 1 aromatic rings. The first kappa shape index (κ1) is 14.8. The van der Waals surface area contributed by atoms with Crippen LogP contribution in [0.25, 0.3) is 0 Å². The SMILES string of the molecule is CCC1CCC(NC(=NC)NCc2ncnn2C)CC1. The molecule has 1 aliphatic carbocycles. The van der Waals surface area contributed by atoms with E-state index in [9.17, 15) is 0 Å². The molecule has 1 aromatic heterocycles. The van der Waals surface area contributed by atoms with E-state index in [1.807, 2.05) is 14.1 Å². The van der Waals surface area contributed by atoms with Crippen LogP contribution < -0.4 is 10.6 Å². The first-order valence-corrected chi connectivity index (χ1v) is 7.53. The minimum absolute atomic E-state index is 0.545. The van der Waals surface area contributed by atoms with Gasteiger partial charge in [-0.25, -0.2) is 4.98 Å². The van der Waals surface area contributed by atoms with Gasteiger partial charge in [-0.1, -0.05) is 13.3 Å². The molecule has 0 aromatic carbocycles. The average Bonchev–Trinajstić information content (AvgIpc) is 2.89. The Hall–Kier alpha value is -1.59. The molecule has 2 N–H and O–H groups in total. The number of nitrogens with zero attached hydrogens (tertiary/aromatic N) is 4. The third-order valence-corrected chi connectivity index (χ3v) is 4.21. The van der Waals surface area contributed by atoms with Gasteiger partial charge in [-0.15, -0.1) is 0 Å². The molecule has 1 aliphatic rings. The zero-order valence-electron chi connectivity index (χ0n) is 12.8. The molecule has 1 heterocycles. The van der Waals surface area contributed by atoms with Crippen molar-refractivity contribution in [3.63, 3.8) is 0 Å². The van der Waals surface area contributed by atoms with E-state index in [2.05, 4.69) is 32.6 Å². The van der Waals surface area contributed by atoms with Gasteiger partial charge in [0.15, 0.2) is 5.96 Å². The fourth-order valence-corrected chi connectivity index (χ4v) is 2.75. The lowest BCUT2D eigenvalue weighted by molar-refractivity contribution is 0.304. The maximum atomic E-state index is 4.29. The first-order chi connectivity index (χ1) is 9.72. The topological polar surface area (TPSA) is 67.1 Å². The van der Waals surface area contributed by atoms with Crippen molar-refractivity contribution in [1.29, 1.82) is 0 Å². The van der Waals surface area contributed by atoms with Gasteiger partial charge in [0.05, 0.1) is 6.54 Å². The zero-order valence-corrected chi connectivity index (χ0v) is 12.8. The molecule has 0 bridgehead atoms. The van der Waals surface area contributed by atoms with Crippen LogP contribution >= 0.6 is 0 Å². The number of aliphatic imine (C=N–C) groups is 1. The van der Waals surface area contributed by atoms with E-state index in [4.69, 9.17) is 0 Å². The quantitative estimate of drug-likeness (QED) is 0.646. The highest BCUT2D eigenvalue weighted by molar-refractivity contribution is 5.79. The molecule has 0 spiro atoms. The number of aromatic nitrogens is 3. The highest BCUT2D eigenvalue weighted by atomic mass is 15.3. The average molecular weight is 278 g/mol. The van der Waals surface area contributed by atoms with Crippen molar-refractivity contribution in [2.24, 2.45) is 18.0 Å². The highest BCUT2D eigenvalue weighted by Gasteiger charge is 2.20. The van der Waals surface area contributed by atoms with Crippen molar-refractivity contribution in [2.45, 2.75) is 51.6 Å². The number of hydrogen-bond donors (Lipinski definition) is 2. The van der Waals surface area contributed by atoms with Crippen molar-refractivity contribution in [3.05, 3.63) is 12.2 Å². The predicted octanol–water partition coefficient (Wildman–Crippen LogP) is 1.45. The van der Waals surface area contributed by atoms with Crippen LogP contribution in [0.4, 0.5) is 0 Å². The van der Waals surface area contributed by atoms with E-state index in [0.717, 1.165) is 17.7 Å². The van der Waals surface area contributed by atoms with E-state index >= 15 is 0 Å². The summed E-state index contributed by atoms with van der Waals surface area (Å²) >= 11 is 0. The Kier molecular flexibility index (Phi) is 5.38. The molecule has 0 unspecified atom stereocenters. The maximum absolute atomic E-state index is 4.29. The minimum atomic E-state index is 0.545. The lowest BCUT2D eigenvalue weighted by atomic mass is 9.84. The summed E-state index contributed by atoms with van der Waals surface area (Å²) in [6.07, 6.45) is 8.01. The van der Waals surface area contributed by atoms with E-state index < -0.39 is 0 Å². The van der Waals surface area contributed by atoms with Crippen LogP contribution in [0.1, 0.15) is 44.9 Å². The molecule has 0 radical (unpaired) electrons. The summed E-state index contributed by atoms with van der Waals surface area (Å²) < 4.78 is 1.77. The van der Waals surface area contributed by atoms with Crippen molar-refractivity contribution >= 4 is 5.96 Å². The Balaban J connectivity index is 1.77. The Morgan fingerprint density at radius 3 is 2.70 bits per heavy atom. The number of rotatable bonds is 4. The van der Waals surface area contributed by atoms with Crippen molar-refractivity contribution < 1.29 is 0 Å². The summed E-state index contributed by atoms with van der Waals surface area (Å²) in [6, 6.07) is 0.545. The summed E-state index contributed by atoms with van der Waals surface area (Å²) in [4.78, 5) is 8.48. The predicted molar refractivity (Wildman–Crippen MR) is 80.4 cm³/mol. The van der Waals surface area contributed by atoms with Gasteiger partial charge in [0.25, 0.3) is 0 Å². The number of guanidine groups is 1. The number of aryl methyl sites for hydroxylation is 1. The second-order valence-corrected chi connectivity index (χ2v) is 5.50. The largest absolute Gasteiger partial charge is 0.354 e. The second-order valence-electron chi connectivity index (χ2n) is 5.50. The normalized spacial score (nSPS) is 23.6. The van der Waals surface area contributed by atoms with Crippen LogP contribution in [0.2, 0.25) is 0 Å². The summed E-state index contributed by atoms with van der Waals surface area (Å²) in [5.41, 5.74) is 0. The Morgan fingerprint density at radius 1 is 1.40 bits per heavy atom. The molecule has 20 heavy (non-hydrogen) atoms. The molecule has 6 nitrogen and oxygen atoms in total. The second kappa shape index (κ2) is 7.26. The molecular weight excluding hydrogens is 252 g/mol. The van der Waals surface area contributed by atoms with Gasteiger partial charge in [-0.05, 0) is 31.6 Å². The summed E-state index contributed by atoms with van der Waals surface area (Å²) in [5.74, 6) is 2.68. The lowest BCUT2D eigenvalue weighted by Crippen LogP contribution is -2.44. The molecular formula is C14H26N6. The van der Waals surface area contributed by atoms with Gasteiger partial charge in [-0.3, -0.25) is 9.67 Å². The molecule has 0 aliphatic heterocycles. The monoisotopic (exact) mass is 278 g/mol. The summed E-state index contributed by atoms with van der Waals surface area (Å²) in [5, 5.41) is 10.9. The van der Waals surface area contributed by atoms with Crippen molar-refractivity contribution in [1.82, 2.24) is 25.4 Å². The smallest absolute Gasteiger partial charge is 0.191 e. The van der Waals surface area contributed by atoms with Crippen LogP contribution in [-0.2, 0) is 13.6 Å². The van der Waals surface area contributed by atoms with Crippen LogP contribution in [0.5, 0.6) is 0 Å². The van der Waals surface area contributed by atoms with Crippen LogP contribution in [0.3, 0.4) is 0 Å². The third kappa shape index (κ3) is 3.95. The van der Waals surface area contributed by atoms with Gasteiger partial charge in [0, 0.05) is 20.1 Å². The molecule has 112 valence electrons. The van der Waals surface area contributed by atoms with E-state index in [1.165, 1.54) is 32.1 Å². The van der Waals surface area contributed by atoms with Crippen LogP contribution in [-0.4, -0.2) is 33.8 Å². The minimum Gasteiger partial charge on any atom is -0.354 e. The molecule has 2 rings (SSSR count). The molecule has 0 saturated heterocycles. The molecule has 1 fully saturated rings. The molecule has 6 heteroatoms. The Bertz CT molecular complexity index is 431. The highest BCUT2D eigenvalue weighted by Crippen LogP contribution is 2.26. The summed E-state index contributed by atoms with van der Waals surface area (Å²) in [6.45, 7) is 2.93. The zero-order chi connectivity index (χ0) is 14.4. The first-order valence-electron chi connectivity index (χ1n) is 7.53. The van der Waals surface area contributed by atoms with Gasteiger partial charge in [-0.2, -0.15) is 5.10 Å². The fraction of sp³-hybridized carbons (Fsp3) is 0.786. The fourth-order valence-electron chi connectivity index (χ4n) is 2.75. The molecule has 0 amide bonds. The van der Waals surface area contributed by atoms with Crippen molar-refractivity contribution in [3.8, 4) is 0 Å². The van der Waals surface area contributed by atoms with E-state index in [1.54, 1.807) is 11.0 Å². The van der Waals surface area contributed by atoms with Gasteiger partial charge < -0.3 is 10.6 Å². The Morgan fingerprint density at radius 2 is 2.15 bits per heavy atom. The van der Waals surface area contributed by atoms with E-state index in [0.29, 0.717) is 12.6 Å². The third-order valence-electron chi connectivity index (χ3n) is 4.21. The molecule has 0 atom stereocenters.